The summed E-state index contributed by atoms with van der Waals surface area (Å²) in [5, 5.41) is 0. The van der Waals surface area contributed by atoms with E-state index in [-0.39, 0.29) is 7.92 Å². The predicted molar refractivity (Wildman–Crippen MR) is 172 cm³/mol. The Kier molecular flexibility index (Phi) is 6.10. The first-order valence-corrected chi connectivity index (χ1v) is 21.6. The molecule has 0 spiro atoms. The molecule has 7 saturated carbocycles. The molecule has 18 atom stereocenters. The van der Waals surface area contributed by atoms with Crippen LogP contribution in [0.5, 0.6) is 0 Å². The molecule has 242 valence electrons. The summed E-state index contributed by atoms with van der Waals surface area (Å²) in [6, 6.07) is 4.35. The monoisotopic (exact) mass is 620 g/mol. The standard InChI is InChI=1S/C38H57N2O3P/c1-3-8-22-18-32-26(16-20(22)6-1)39-24-10-5-11-25-36(24)44-37-30(14-12-28(41-32)34(37)39)43-31-15-13-29-35(38(31)44)40(25)27-17-21-7-2-4-9-23(21)19-33(27)42-29/h20-38H,1-19H2. The summed E-state index contributed by atoms with van der Waals surface area (Å²) in [7, 11) is -0.0824. The van der Waals surface area contributed by atoms with Crippen LogP contribution < -0.4 is 0 Å². The molecule has 12 aliphatic rings. The number of ether oxygens (including phenoxy) is 3. The second-order valence-corrected chi connectivity index (χ2v) is 21.0. The minimum Gasteiger partial charge on any atom is -0.374 e. The summed E-state index contributed by atoms with van der Waals surface area (Å²) in [4.78, 5) is 6.63. The van der Waals surface area contributed by atoms with Crippen LogP contribution >= 0.6 is 7.92 Å². The molecule has 0 amide bonds. The van der Waals surface area contributed by atoms with Crippen molar-refractivity contribution in [3.05, 3.63) is 0 Å². The van der Waals surface area contributed by atoms with Gasteiger partial charge in [0.1, 0.15) is 0 Å². The lowest BCUT2D eigenvalue weighted by molar-refractivity contribution is -0.250. The molecule has 0 aromatic rings. The lowest BCUT2D eigenvalue weighted by Crippen LogP contribution is -2.84. The highest BCUT2D eigenvalue weighted by Gasteiger charge is 2.72. The Hall–Kier alpha value is 0.230. The second-order valence-electron chi connectivity index (χ2n) is 18.3. The number of hydrogen-bond acceptors (Lipinski definition) is 5. The maximum absolute atomic E-state index is 7.43. The van der Waals surface area contributed by atoms with E-state index >= 15 is 0 Å². The van der Waals surface area contributed by atoms with Crippen LogP contribution in [0, 0.1) is 23.7 Å². The molecular weight excluding hydrogens is 563 g/mol. The van der Waals surface area contributed by atoms with E-state index in [1.165, 1.54) is 122 Å². The van der Waals surface area contributed by atoms with Crippen molar-refractivity contribution in [3.63, 3.8) is 0 Å². The molecule has 12 fully saturated rings. The van der Waals surface area contributed by atoms with Gasteiger partial charge in [0.25, 0.3) is 0 Å². The first-order valence-electron chi connectivity index (χ1n) is 20.1. The molecule has 5 saturated heterocycles. The number of nitrogens with zero attached hydrogens (tertiary/aromatic N) is 2. The summed E-state index contributed by atoms with van der Waals surface area (Å²) in [5.74, 6) is 3.85. The molecule has 0 radical (unpaired) electrons. The van der Waals surface area contributed by atoms with E-state index in [0.717, 1.165) is 52.7 Å². The van der Waals surface area contributed by atoms with Gasteiger partial charge in [-0.2, -0.15) is 0 Å². The molecule has 0 bridgehead atoms. The summed E-state index contributed by atoms with van der Waals surface area (Å²) in [6.45, 7) is 0. The maximum atomic E-state index is 7.43. The van der Waals surface area contributed by atoms with Crippen molar-refractivity contribution in [3.8, 4) is 0 Å². The first-order chi connectivity index (χ1) is 21.8. The zero-order chi connectivity index (χ0) is 28.3. The Morgan fingerprint density at radius 3 is 1.30 bits per heavy atom. The van der Waals surface area contributed by atoms with Crippen molar-refractivity contribution in [2.75, 3.05) is 0 Å². The van der Waals surface area contributed by atoms with Gasteiger partial charge in [0.15, 0.2) is 0 Å². The highest BCUT2D eigenvalue weighted by molar-refractivity contribution is 7.60. The number of hydrogen-bond donors (Lipinski definition) is 0. The highest BCUT2D eigenvalue weighted by Crippen LogP contribution is 2.74. The van der Waals surface area contributed by atoms with Crippen molar-refractivity contribution in [1.29, 1.82) is 0 Å². The minimum atomic E-state index is -0.0824. The lowest BCUT2D eigenvalue weighted by atomic mass is 9.65. The molecule has 0 aromatic heterocycles. The topological polar surface area (TPSA) is 34.2 Å². The van der Waals surface area contributed by atoms with E-state index in [4.69, 9.17) is 14.2 Å². The third-order valence-corrected chi connectivity index (χ3v) is 21.0. The van der Waals surface area contributed by atoms with E-state index in [9.17, 15) is 0 Å². The van der Waals surface area contributed by atoms with Crippen LogP contribution in [0.4, 0.5) is 0 Å². The third kappa shape index (κ3) is 3.55. The third-order valence-electron chi connectivity index (χ3n) is 16.9. The summed E-state index contributed by atoms with van der Waals surface area (Å²) in [5.41, 5.74) is 2.47. The number of fused-ring (bicyclic) bond motifs is 8. The van der Waals surface area contributed by atoms with Crippen molar-refractivity contribution < 1.29 is 14.2 Å². The van der Waals surface area contributed by atoms with Gasteiger partial charge >= 0.3 is 0 Å². The highest BCUT2D eigenvalue weighted by atomic mass is 31.1. The zero-order valence-electron chi connectivity index (χ0n) is 27.0. The number of rotatable bonds is 0. The normalized spacial score (nSPS) is 63.5. The average Bonchev–Trinajstić information content (AvgIpc) is 3.07. The van der Waals surface area contributed by atoms with Gasteiger partial charge in [-0.25, -0.2) is 0 Å². The zero-order valence-corrected chi connectivity index (χ0v) is 27.9. The van der Waals surface area contributed by atoms with E-state index < -0.39 is 0 Å². The van der Waals surface area contributed by atoms with Crippen LogP contribution in [-0.4, -0.2) is 99.7 Å². The fourth-order valence-corrected chi connectivity index (χ4v) is 20.9. The average molecular weight is 621 g/mol. The molecular formula is C38H57N2O3P. The molecule has 5 nitrogen and oxygen atoms in total. The van der Waals surface area contributed by atoms with Gasteiger partial charge in [-0.3, -0.25) is 9.80 Å². The Labute approximate surface area is 267 Å². The number of morpholine rings is 2. The van der Waals surface area contributed by atoms with Gasteiger partial charge in [0.2, 0.25) is 0 Å². The smallest absolute Gasteiger partial charge is 0.0743 e. The van der Waals surface area contributed by atoms with Gasteiger partial charge in [-0.05, 0) is 87.9 Å². The Morgan fingerprint density at radius 2 is 0.795 bits per heavy atom. The van der Waals surface area contributed by atoms with E-state index in [0.29, 0.717) is 60.8 Å². The molecule has 18 unspecified atom stereocenters. The fraction of sp³-hybridized carbons (Fsp3) is 1.00. The molecule has 5 aliphatic heterocycles. The summed E-state index contributed by atoms with van der Waals surface area (Å²) < 4.78 is 22.2. The van der Waals surface area contributed by atoms with E-state index in [1.807, 2.05) is 0 Å². The van der Waals surface area contributed by atoms with Crippen LogP contribution in [0.2, 0.25) is 0 Å². The van der Waals surface area contributed by atoms with Crippen LogP contribution in [0.25, 0.3) is 0 Å². The Morgan fingerprint density at radius 1 is 0.364 bits per heavy atom. The molecule has 0 aromatic carbocycles. The Bertz CT molecular complexity index is 1090. The van der Waals surface area contributed by atoms with Crippen molar-refractivity contribution in [2.24, 2.45) is 23.7 Å². The van der Waals surface area contributed by atoms with Gasteiger partial charge in [-0.1, -0.05) is 65.7 Å². The summed E-state index contributed by atoms with van der Waals surface area (Å²) >= 11 is 0. The molecule has 44 heavy (non-hydrogen) atoms. The molecule has 0 N–H and O–H groups in total. The van der Waals surface area contributed by atoms with Gasteiger partial charge < -0.3 is 14.2 Å². The minimum absolute atomic E-state index is 0.0824. The molecule has 6 heteroatoms. The van der Waals surface area contributed by atoms with Crippen molar-refractivity contribution in [2.45, 2.75) is 212 Å². The predicted octanol–water partition coefficient (Wildman–Crippen LogP) is 6.69. The lowest BCUT2D eigenvalue weighted by Gasteiger charge is -2.76. The van der Waals surface area contributed by atoms with Crippen molar-refractivity contribution >= 4 is 7.92 Å². The largest absolute Gasteiger partial charge is 0.374 e. The second kappa shape index (κ2) is 9.90. The SMILES string of the molecule is C1CCC2CC3C(CC2C1)OC1CCC2OC4CCC5OC6CC7CCCCC7CC6N6C7CCCC8C7P(C2C1N38)C4C56. The molecule has 5 heterocycles. The summed E-state index contributed by atoms with van der Waals surface area (Å²) in [6.07, 6.45) is 30.0. The fourth-order valence-electron chi connectivity index (χ4n) is 15.7. The Balaban J connectivity index is 0.972. The van der Waals surface area contributed by atoms with Crippen LogP contribution in [0.3, 0.4) is 0 Å². The van der Waals surface area contributed by atoms with Gasteiger partial charge in [0, 0.05) is 53.2 Å². The van der Waals surface area contributed by atoms with Crippen LogP contribution in [-0.2, 0) is 14.2 Å². The maximum Gasteiger partial charge on any atom is 0.0743 e. The van der Waals surface area contributed by atoms with Gasteiger partial charge in [-0.15, -0.1) is 0 Å². The van der Waals surface area contributed by atoms with E-state index in [1.54, 1.807) is 0 Å². The molecule has 12 rings (SSSR count). The van der Waals surface area contributed by atoms with Crippen LogP contribution in [0.15, 0.2) is 0 Å². The van der Waals surface area contributed by atoms with Gasteiger partial charge in [0.05, 0.1) is 36.6 Å². The van der Waals surface area contributed by atoms with Crippen LogP contribution in [0.1, 0.15) is 122 Å². The van der Waals surface area contributed by atoms with Crippen molar-refractivity contribution in [1.82, 2.24) is 9.80 Å². The quantitative estimate of drug-likeness (QED) is 0.282. The van der Waals surface area contributed by atoms with E-state index in [2.05, 4.69) is 9.80 Å². The molecule has 7 aliphatic carbocycles. The first kappa shape index (κ1) is 27.1.